The van der Waals surface area contributed by atoms with Gasteiger partial charge in [0.2, 0.25) is 0 Å². The van der Waals surface area contributed by atoms with Crippen molar-refractivity contribution in [3.8, 4) is 0 Å². The van der Waals surface area contributed by atoms with Gasteiger partial charge in [-0.2, -0.15) is 0 Å². The van der Waals surface area contributed by atoms with Gasteiger partial charge in [-0.05, 0) is 49.9 Å². The van der Waals surface area contributed by atoms with Crippen molar-refractivity contribution >= 4 is 5.76 Å². The van der Waals surface area contributed by atoms with Crippen molar-refractivity contribution in [1.29, 1.82) is 0 Å². The van der Waals surface area contributed by atoms with Gasteiger partial charge in [0.05, 0.1) is 0 Å². The molecule has 70 valence electrons. The molecule has 0 spiro atoms. The highest BCUT2D eigenvalue weighted by Crippen LogP contribution is 2.25. The summed E-state index contributed by atoms with van der Waals surface area (Å²) in [5.41, 5.74) is 5.61. The van der Waals surface area contributed by atoms with Gasteiger partial charge in [-0.15, -0.1) is 0 Å². The fourth-order valence-corrected chi connectivity index (χ4v) is 1.73. The second-order valence-electron chi connectivity index (χ2n) is 3.58. The molecule has 1 rings (SSSR count). The van der Waals surface area contributed by atoms with Crippen LogP contribution in [0, 0.1) is 27.7 Å². The van der Waals surface area contributed by atoms with E-state index in [4.69, 9.17) is 0 Å². The molecule has 0 aliphatic carbocycles. The van der Waals surface area contributed by atoms with Crippen molar-refractivity contribution in [1.82, 2.24) is 0 Å². The van der Waals surface area contributed by atoms with Gasteiger partial charge in [-0.25, -0.2) is 0 Å². The highest BCUT2D eigenvalue weighted by molar-refractivity contribution is 5.65. The Labute approximate surface area is 79.7 Å². The summed E-state index contributed by atoms with van der Waals surface area (Å²) >= 11 is 0. The number of aryl methyl sites for hydroxylation is 2. The monoisotopic (exact) mass is 176 g/mol. The normalized spacial score (nSPS) is 10.2. The number of hydrogen-bond acceptors (Lipinski definition) is 1. The lowest BCUT2D eigenvalue weighted by Gasteiger charge is -2.13. The number of benzene rings is 1. The van der Waals surface area contributed by atoms with E-state index in [1.54, 1.807) is 0 Å². The van der Waals surface area contributed by atoms with E-state index in [0.717, 1.165) is 16.7 Å². The summed E-state index contributed by atoms with van der Waals surface area (Å²) in [5.74, 6) is 0.165. The van der Waals surface area contributed by atoms with Crippen molar-refractivity contribution in [2.45, 2.75) is 27.7 Å². The van der Waals surface area contributed by atoms with Crippen LogP contribution < -0.4 is 0 Å². The molecule has 0 aliphatic heterocycles. The zero-order chi connectivity index (χ0) is 10.2. The van der Waals surface area contributed by atoms with Gasteiger partial charge < -0.3 is 5.11 Å². The maximum Gasteiger partial charge on any atom is 0.116 e. The Bertz CT molecular complexity index is 362. The molecule has 0 bridgehead atoms. The highest BCUT2D eigenvalue weighted by Gasteiger charge is 2.09. The summed E-state index contributed by atoms with van der Waals surface area (Å²) in [6, 6.07) is 2.08. The SMILES string of the molecule is C=C(O)c1c(C)cc(C)c(C)c1C. The van der Waals surface area contributed by atoms with Gasteiger partial charge in [-0.3, -0.25) is 0 Å². The van der Waals surface area contributed by atoms with E-state index in [1.807, 2.05) is 13.8 Å². The van der Waals surface area contributed by atoms with Gasteiger partial charge in [0.1, 0.15) is 5.76 Å². The van der Waals surface area contributed by atoms with E-state index in [0.29, 0.717) is 0 Å². The van der Waals surface area contributed by atoms with Crippen LogP contribution in [0.1, 0.15) is 27.8 Å². The molecule has 0 aromatic heterocycles. The van der Waals surface area contributed by atoms with Crippen LogP contribution >= 0.6 is 0 Å². The Morgan fingerprint density at radius 1 is 1.08 bits per heavy atom. The van der Waals surface area contributed by atoms with Crippen molar-refractivity contribution < 1.29 is 5.11 Å². The maximum atomic E-state index is 9.41. The minimum absolute atomic E-state index is 0.165. The van der Waals surface area contributed by atoms with Gasteiger partial charge in [0.25, 0.3) is 0 Å². The topological polar surface area (TPSA) is 20.2 Å². The molecule has 0 aliphatic rings. The molecule has 0 fully saturated rings. The quantitative estimate of drug-likeness (QED) is 0.650. The molecule has 0 atom stereocenters. The lowest BCUT2D eigenvalue weighted by Crippen LogP contribution is -1.97. The predicted molar refractivity (Wildman–Crippen MR) is 57.1 cm³/mol. The van der Waals surface area contributed by atoms with Crippen molar-refractivity contribution in [2.24, 2.45) is 0 Å². The van der Waals surface area contributed by atoms with Crippen molar-refractivity contribution in [3.05, 3.63) is 40.5 Å². The maximum absolute atomic E-state index is 9.41. The molecular formula is C12H16O. The average molecular weight is 176 g/mol. The average Bonchev–Trinajstić information content (AvgIpc) is 1.99. The van der Waals surface area contributed by atoms with Gasteiger partial charge >= 0.3 is 0 Å². The Balaban J connectivity index is 3.53. The first-order chi connectivity index (χ1) is 5.95. The number of aliphatic hydroxyl groups excluding tert-OH is 1. The molecule has 0 saturated carbocycles. The van der Waals surface area contributed by atoms with E-state index in [9.17, 15) is 5.11 Å². The van der Waals surface area contributed by atoms with Crippen molar-refractivity contribution in [3.63, 3.8) is 0 Å². The lowest BCUT2D eigenvalue weighted by molar-refractivity contribution is 0.512. The zero-order valence-electron chi connectivity index (χ0n) is 8.73. The van der Waals surface area contributed by atoms with Crippen LogP contribution in [0.3, 0.4) is 0 Å². The van der Waals surface area contributed by atoms with Gasteiger partial charge in [0.15, 0.2) is 0 Å². The molecule has 13 heavy (non-hydrogen) atoms. The van der Waals surface area contributed by atoms with E-state index < -0.39 is 0 Å². The second kappa shape index (κ2) is 3.25. The fourth-order valence-electron chi connectivity index (χ4n) is 1.73. The van der Waals surface area contributed by atoms with Crippen LogP contribution in [0.5, 0.6) is 0 Å². The Morgan fingerprint density at radius 2 is 1.62 bits per heavy atom. The van der Waals surface area contributed by atoms with Crippen LogP contribution in [0.4, 0.5) is 0 Å². The summed E-state index contributed by atoms with van der Waals surface area (Å²) < 4.78 is 0. The first-order valence-corrected chi connectivity index (χ1v) is 4.40. The third-order valence-electron chi connectivity index (χ3n) is 2.64. The van der Waals surface area contributed by atoms with Gasteiger partial charge in [-0.1, -0.05) is 12.6 Å². The summed E-state index contributed by atoms with van der Waals surface area (Å²) in [6.45, 7) is 11.7. The second-order valence-corrected chi connectivity index (χ2v) is 3.58. The molecule has 1 aromatic carbocycles. The predicted octanol–water partition coefficient (Wildman–Crippen LogP) is 3.45. The number of rotatable bonds is 1. The Morgan fingerprint density at radius 3 is 2.08 bits per heavy atom. The molecule has 0 unspecified atom stereocenters. The van der Waals surface area contributed by atoms with Crippen LogP contribution in [0.25, 0.3) is 5.76 Å². The largest absolute Gasteiger partial charge is 0.508 e. The van der Waals surface area contributed by atoms with E-state index in [2.05, 4.69) is 26.5 Å². The highest BCUT2D eigenvalue weighted by atomic mass is 16.3. The van der Waals surface area contributed by atoms with Crippen LogP contribution in [-0.4, -0.2) is 5.11 Å². The van der Waals surface area contributed by atoms with E-state index in [1.165, 1.54) is 11.1 Å². The minimum atomic E-state index is 0.165. The summed E-state index contributed by atoms with van der Waals surface area (Å²) in [4.78, 5) is 0. The third kappa shape index (κ3) is 1.59. The summed E-state index contributed by atoms with van der Waals surface area (Å²) in [6.07, 6.45) is 0. The first-order valence-electron chi connectivity index (χ1n) is 4.40. The first kappa shape index (κ1) is 9.85. The molecule has 1 heteroatoms. The molecule has 1 aromatic rings. The standard InChI is InChI=1S/C12H16O/c1-7-6-8(2)12(11(5)13)10(4)9(7)3/h6,13H,5H2,1-4H3. The number of aliphatic hydroxyl groups is 1. The lowest BCUT2D eigenvalue weighted by atomic mass is 9.94. The van der Waals surface area contributed by atoms with Crippen LogP contribution in [0.2, 0.25) is 0 Å². The van der Waals surface area contributed by atoms with Crippen LogP contribution in [-0.2, 0) is 0 Å². The zero-order valence-corrected chi connectivity index (χ0v) is 8.73. The summed E-state index contributed by atoms with van der Waals surface area (Å²) in [7, 11) is 0. The van der Waals surface area contributed by atoms with E-state index in [-0.39, 0.29) is 5.76 Å². The van der Waals surface area contributed by atoms with E-state index >= 15 is 0 Å². The molecule has 0 amide bonds. The third-order valence-corrected chi connectivity index (χ3v) is 2.64. The molecular weight excluding hydrogens is 160 g/mol. The molecule has 0 heterocycles. The summed E-state index contributed by atoms with van der Waals surface area (Å²) in [5, 5.41) is 9.41. The minimum Gasteiger partial charge on any atom is -0.508 e. The Kier molecular flexibility index (Phi) is 2.46. The molecule has 1 nitrogen and oxygen atoms in total. The van der Waals surface area contributed by atoms with Gasteiger partial charge in [0, 0.05) is 5.56 Å². The smallest absolute Gasteiger partial charge is 0.116 e. The molecule has 0 radical (unpaired) electrons. The Hall–Kier alpha value is -1.24. The molecule has 1 N–H and O–H groups in total. The van der Waals surface area contributed by atoms with Crippen LogP contribution in [0.15, 0.2) is 12.6 Å². The fraction of sp³-hybridized carbons (Fsp3) is 0.333. The van der Waals surface area contributed by atoms with Crippen molar-refractivity contribution in [2.75, 3.05) is 0 Å². The number of hydrogen-bond donors (Lipinski definition) is 1. The molecule has 0 saturated heterocycles.